The summed E-state index contributed by atoms with van der Waals surface area (Å²) in [6, 6.07) is 6.11. The van der Waals surface area contributed by atoms with Gasteiger partial charge in [0.2, 0.25) is 5.91 Å². The highest BCUT2D eigenvalue weighted by atomic mass is 35.5. The van der Waals surface area contributed by atoms with Gasteiger partial charge in [-0.2, -0.15) is 0 Å². The number of benzene rings is 2. The van der Waals surface area contributed by atoms with Crippen molar-refractivity contribution >= 4 is 69.8 Å². The fourth-order valence-electron chi connectivity index (χ4n) is 3.41. The van der Waals surface area contributed by atoms with E-state index in [2.05, 4.69) is 10.6 Å². The number of nitrogens with one attached hydrogen (secondary N) is 2. The van der Waals surface area contributed by atoms with Gasteiger partial charge in [0.05, 0.1) is 22.2 Å². The molecule has 1 aliphatic rings. The highest BCUT2D eigenvalue weighted by Crippen LogP contribution is 2.53. The maximum absolute atomic E-state index is 15.5. The van der Waals surface area contributed by atoms with Crippen LogP contribution in [0.25, 0.3) is 0 Å². The van der Waals surface area contributed by atoms with Crippen molar-refractivity contribution in [2.75, 3.05) is 22.1 Å². The van der Waals surface area contributed by atoms with E-state index < -0.39 is 51.1 Å². The zero-order valence-corrected chi connectivity index (χ0v) is 22.8. The molecule has 7 nitrogen and oxygen atoms in total. The Hall–Kier alpha value is -2.62. The minimum Gasteiger partial charge on any atom is -0.443 e. The maximum atomic E-state index is 15.5. The molecular formula is C25H26Cl3F2N3O4. The van der Waals surface area contributed by atoms with Crippen molar-refractivity contribution in [2.45, 2.75) is 50.5 Å². The number of anilines is 3. The molecule has 0 radical (unpaired) electrons. The van der Waals surface area contributed by atoms with Gasteiger partial charge in [0.15, 0.2) is 5.82 Å². The zero-order chi connectivity index (χ0) is 27.7. The molecule has 0 spiro atoms. The second-order valence-corrected chi connectivity index (χ2v) is 11.5. The van der Waals surface area contributed by atoms with Gasteiger partial charge in [-0.25, -0.2) is 13.6 Å². The summed E-state index contributed by atoms with van der Waals surface area (Å²) in [4.78, 5) is 38.8. The Labute approximate surface area is 228 Å². The molecule has 0 aromatic heterocycles. The summed E-state index contributed by atoms with van der Waals surface area (Å²) in [5.41, 5.74) is -1.77. The van der Waals surface area contributed by atoms with Gasteiger partial charge >= 0.3 is 6.09 Å². The number of nitrogens with zero attached hydrogens (tertiary/aromatic N) is 1. The van der Waals surface area contributed by atoms with Crippen LogP contribution in [0, 0.1) is 17.6 Å². The van der Waals surface area contributed by atoms with Crippen LogP contribution in [0.3, 0.4) is 0 Å². The summed E-state index contributed by atoms with van der Waals surface area (Å²) in [6.45, 7) is 6.60. The minimum atomic E-state index is -1.16. The fourth-order valence-corrected chi connectivity index (χ4v) is 4.12. The van der Waals surface area contributed by atoms with Crippen LogP contribution >= 0.6 is 34.8 Å². The van der Waals surface area contributed by atoms with E-state index in [0.717, 1.165) is 17.0 Å². The third kappa shape index (κ3) is 7.03. The molecule has 3 amide bonds. The van der Waals surface area contributed by atoms with Crippen LogP contribution in [-0.2, 0) is 9.53 Å². The van der Waals surface area contributed by atoms with Gasteiger partial charge in [-0.05, 0) is 63.9 Å². The van der Waals surface area contributed by atoms with Crippen molar-refractivity contribution < 1.29 is 27.9 Å². The van der Waals surface area contributed by atoms with Gasteiger partial charge in [0.25, 0.3) is 5.91 Å². The standard InChI is InChI=1S/C25H26Cl3F2N3O4/c1-5-10-33(23(36)37-24(2,3)4)20-17(29)8-9-18(19(20)30)32-21(34)14-11-13(6-7-16(14)26)31-22(35)15-12-25(15,27)28/h6-9,11,15H,5,10,12H2,1-4H3,(H,31,35)(H,32,34)/t15-/m1/s1. The number of alkyl halides is 2. The van der Waals surface area contributed by atoms with Crippen molar-refractivity contribution in [3.63, 3.8) is 0 Å². The Bertz CT molecular complexity index is 1230. The van der Waals surface area contributed by atoms with Gasteiger partial charge in [-0.3, -0.25) is 14.5 Å². The molecule has 0 unspecified atom stereocenters. The number of carbonyl (C=O) groups is 3. The Morgan fingerprint density at radius 1 is 1.14 bits per heavy atom. The van der Waals surface area contributed by atoms with Gasteiger partial charge in [0.1, 0.15) is 21.4 Å². The number of amides is 3. The first-order chi connectivity index (χ1) is 17.1. The predicted octanol–water partition coefficient (Wildman–Crippen LogP) is 7.15. The average molecular weight is 577 g/mol. The fraction of sp³-hybridized carbons (Fsp3) is 0.400. The Balaban J connectivity index is 1.86. The van der Waals surface area contributed by atoms with E-state index in [4.69, 9.17) is 39.5 Å². The van der Waals surface area contributed by atoms with Crippen molar-refractivity contribution in [2.24, 2.45) is 5.92 Å². The Morgan fingerprint density at radius 3 is 2.35 bits per heavy atom. The Kier molecular flexibility index (Phi) is 8.61. The highest BCUT2D eigenvalue weighted by Gasteiger charge is 2.56. The van der Waals surface area contributed by atoms with Crippen LogP contribution in [0.4, 0.5) is 30.6 Å². The summed E-state index contributed by atoms with van der Waals surface area (Å²) in [5.74, 6) is -4.01. The lowest BCUT2D eigenvalue weighted by Gasteiger charge is -2.28. The molecular weight excluding hydrogens is 551 g/mol. The second-order valence-electron chi connectivity index (χ2n) is 9.55. The third-order valence-corrected chi connectivity index (χ3v) is 6.43. The molecule has 3 rings (SSSR count). The monoisotopic (exact) mass is 575 g/mol. The molecule has 1 aliphatic carbocycles. The third-order valence-electron chi connectivity index (χ3n) is 5.27. The van der Waals surface area contributed by atoms with E-state index in [9.17, 15) is 18.8 Å². The zero-order valence-electron chi connectivity index (χ0n) is 20.6. The minimum absolute atomic E-state index is 0.0232. The number of hydrogen-bond acceptors (Lipinski definition) is 4. The van der Waals surface area contributed by atoms with Crippen LogP contribution in [-0.4, -0.2) is 34.4 Å². The van der Waals surface area contributed by atoms with Crippen molar-refractivity contribution in [1.29, 1.82) is 0 Å². The van der Waals surface area contributed by atoms with E-state index in [-0.39, 0.29) is 28.5 Å². The maximum Gasteiger partial charge on any atom is 0.414 e. The number of rotatable bonds is 7. The molecule has 0 aliphatic heterocycles. The Morgan fingerprint density at radius 2 is 1.78 bits per heavy atom. The summed E-state index contributed by atoms with van der Waals surface area (Å²) < 4.78 is 34.4. The molecule has 12 heteroatoms. The first-order valence-corrected chi connectivity index (χ1v) is 12.6. The van der Waals surface area contributed by atoms with Crippen LogP contribution in [0.1, 0.15) is 50.9 Å². The smallest absolute Gasteiger partial charge is 0.414 e. The topological polar surface area (TPSA) is 87.7 Å². The van der Waals surface area contributed by atoms with Crippen LogP contribution in [0.2, 0.25) is 5.02 Å². The first-order valence-electron chi connectivity index (χ1n) is 11.4. The van der Waals surface area contributed by atoms with Crippen molar-refractivity contribution in [1.82, 2.24) is 0 Å². The van der Waals surface area contributed by atoms with Crippen LogP contribution in [0.15, 0.2) is 30.3 Å². The SMILES string of the molecule is CCCN(C(=O)OC(C)(C)C)c1c(F)ccc(NC(=O)c2cc(NC(=O)[C@H]3CC3(Cl)Cl)ccc2Cl)c1F. The average Bonchev–Trinajstić information content (AvgIpc) is 3.43. The van der Waals surface area contributed by atoms with E-state index >= 15 is 4.39 Å². The summed E-state index contributed by atoms with van der Waals surface area (Å²) >= 11 is 18.0. The molecule has 0 heterocycles. The van der Waals surface area contributed by atoms with Gasteiger partial charge in [-0.15, -0.1) is 23.2 Å². The summed E-state index contributed by atoms with van der Waals surface area (Å²) in [5, 5.41) is 4.98. The molecule has 0 bridgehead atoms. The van der Waals surface area contributed by atoms with E-state index in [1.165, 1.54) is 18.2 Å². The van der Waals surface area contributed by atoms with Crippen molar-refractivity contribution in [3.8, 4) is 0 Å². The predicted molar refractivity (Wildman–Crippen MR) is 141 cm³/mol. The molecule has 200 valence electrons. The molecule has 2 aromatic rings. The van der Waals surface area contributed by atoms with Crippen LogP contribution in [0.5, 0.6) is 0 Å². The summed E-state index contributed by atoms with van der Waals surface area (Å²) in [7, 11) is 0. The lowest BCUT2D eigenvalue weighted by Crippen LogP contribution is -2.38. The number of halogens is 5. The van der Waals surface area contributed by atoms with Crippen LogP contribution < -0.4 is 15.5 Å². The highest BCUT2D eigenvalue weighted by molar-refractivity contribution is 6.52. The molecule has 0 saturated heterocycles. The van der Waals surface area contributed by atoms with E-state index in [1.807, 2.05) is 0 Å². The quantitative estimate of drug-likeness (QED) is 0.343. The lowest BCUT2D eigenvalue weighted by atomic mass is 10.1. The molecule has 37 heavy (non-hydrogen) atoms. The summed E-state index contributed by atoms with van der Waals surface area (Å²) in [6.07, 6.45) is -0.248. The largest absolute Gasteiger partial charge is 0.443 e. The van der Waals surface area contributed by atoms with Gasteiger partial charge in [0, 0.05) is 12.2 Å². The van der Waals surface area contributed by atoms with Gasteiger partial charge < -0.3 is 15.4 Å². The molecule has 2 N–H and O–H groups in total. The van der Waals surface area contributed by atoms with Gasteiger partial charge in [-0.1, -0.05) is 18.5 Å². The first kappa shape index (κ1) is 28.9. The molecule has 1 saturated carbocycles. The van der Waals surface area contributed by atoms with E-state index in [1.54, 1.807) is 27.7 Å². The molecule has 1 fully saturated rings. The molecule has 1 atom stereocenters. The number of carbonyl (C=O) groups excluding carboxylic acids is 3. The number of ether oxygens (including phenoxy) is 1. The second kappa shape index (κ2) is 11.0. The lowest BCUT2D eigenvalue weighted by molar-refractivity contribution is -0.117. The number of hydrogen-bond donors (Lipinski definition) is 2. The van der Waals surface area contributed by atoms with E-state index in [0.29, 0.717) is 12.8 Å². The molecule has 2 aromatic carbocycles. The van der Waals surface area contributed by atoms with Crippen molar-refractivity contribution in [3.05, 3.63) is 52.6 Å². The normalized spacial score (nSPS) is 16.1.